The molecule has 0 fully saturated rings. The van der Waals surface area contributed by atoms with Crippen molar-refractivity contribution >= 4 is 17.5 Å². The van der Waals surface area contributed by atoms with E-state index in [1.165, 1.54) is 35.4 Å². The predicted octanol–water partition coefficient (Wildman–Crippen LogP) is 4.37. The Morgan fingerprint density at radius 3 is 2.64 bits per heavy atom. The van der Waals surface area contributed by atoms with E-state index >= 15 is 0 Å². The molecule has 0 atom stereocenters. The summed E-state index contributed by atoms with van der Waals surface area (Å²) in [6, 6.07) is 10.1. The molecule has 4 heteroatoms. The number of nitriles is 1. The fraction of sp³-hybridized carbons (Fsp3) is 0.278. The number of ketones is 1. The quantitative estimate of drug-likeness (QED) is 0.621. The van der Waals surface area contributed by atoms with Crippen molar-refractivity contribution in [3.05, 3.63) is 57.8 Å². The highest BCUT2D eigenvalue weighted by atomic mass is 32.2. The summed E-state index contributed by atoms with van der Waals surface area (Å²) >= 11 is 1.54. The van der Waals surface area contributed by atoms with E-state index in [4.69, 9.17) is 0 Å². The number of nitrogens with zero attached hydrogens (tertiary/aromatic N) is 2. The normalized spacial score (nSPS) is 10.3. The van der Waals surface area contributed by atoms with Crippen molar-refractivity contribution in [2.75, 3.05) is 0 Å². The van der Waals surface area contributed by atoms with Gasteiger partial charge < -0.3 is 0 Å². The molecule has 0 unspecified atom stereocenters. The second-order valence-corrected chi connectivity index (χ2v) is 6.32. The summed E-state index contributed by atoms with van der Waals surface area (Å²) in [5.41, 5.74) is 5.35. The van der Waals surface area contributed by atoms with Crippen molar-refractivity contribution in [2.24, 2.45) is 0 Å². The molecule has 0 aliphatic heterocycles. The Kier molecular flexibility index (Phi) is 4.99. The smallest absolute Gasteiger partial charge is 0.161 e. The van der Waals surface area contributed by atoms with Crippen LogP contribution in [0.15, 0.2) is 29.3 Å². The molecule has 3 nitrogen and oxygen atoms in total. The van der Waals surface area contributed by atoms with Gasteiger partial charge in [0.1, 0.15) is 11.1 Å². The lowest BCUT2D eigenvalue weighted by atomic mass is 10.1. The number of benzene rings is 1. The highest BCUT2D eigenvalue weighted by Gasteiger charge is 2.13. The van der Waals surface area contributed by atoms with Crippen molar-refractivity contribution in [1.29, 1.82) is 5.26 Å². The van der Waals surface area contributed by atoms with E-state index in [2.05, 4.69) is 43.1 Å². The number of Topliss-reactive ketones (excluding diaryl/α,β-unsaturated/α-hetero) is 1. The topological polar surface area (TPSA) is 53.8 Å². The number of hydrogen-bond donors (Lipinski definition) is 0. The first-order valence-electron chi connectivity index (χ1n) is 7.04. The number of rotatable bonds is 4. The summed E-state index contributed by atoms with van der Waals surface area (Å²) in [4.78, 5) is 16.0. The Bertz CT molecular complexity index is 775. The van der Waals surface area contributed by atoms with Gasteiger partial charge in [0, 0.05) is 17.0 Å². The molecule has 1 heterocycles. The Hall–Kier alpha value is -2.12. The maximum atomic E-state index is 11.6. The summed E-state index contributed by atoms with van der Waals surface area (Å²) in [5, 5.41) is 9.98. The molecule has 0 radical (unpaired) electrons. The van der Waals surface area contributed by atoms with Gasteiger partial charge in [-0.25, -0.2) is 4.98 Å². The zero-order valence-electron chi connectivity index (χ0n) is 13.2. The Balaban J connectivity index is 2.30. The van der Waals surface area contributed by atoms with Gasteiger partial charge >= 0.3 is 0 Å². The van der Waals surface area contributed by atoms with Crippen LogP contribution in [0, 0.1) is 32.1 Å². The predicted molar refractivity (Wildman–Crippen MR) is 89.2 cm³/mol. The van der Waals surface area contributed by atoms with Gasteiger partial charge in [0.2, 0.25) is 0 Å². The van der Waals surface area contributed by atoms with Crippen LogP contribution in [0.5, 0.6) is 0 Å². The van der Waals surface area contributed by atoms with Gasteiger partial charge in [-0.05, 0) is 44.9 Å². The molecule has 0 bridgehead atoms. The van der Waals surface area contributed by atoms with Crippen LogP contribution in [-0.4, -0.2) is 10.8 Å². The third-order valence-electron chi connectivity index (χ3n) is 3.55. The third-order valence-corrected chi connectivity index (χ3v) is 4.59. The van der Waals surface area contributed by atoms with Crippen LogP contribution in [-0.2, 0) is 5.75 Å². The molecule has 0 N–H and O–H groups in total. The zero-order chi connectivity index (χ0) is 16.3. The van der Waals surface area contributed by atoms with Gasteiger partial charge in [-0.3, -0.25) is 4.79 Å². The third kappa shape index (κ3) is 3.55. The molecule has 112 valence electrons. The number of carbonyl (C=O) groups is 1. The molecule has 2 rings (SSSR count). The van der Waals surface area contributed by atoms with E-state index in [0.29, 0.717) is 21.8 Å². The summed E-state index contributed by atoms with van der Waals surface area (Å²) in [7, 11) is 0. The highest BCUT2D eigenvalue weighted by Crippen LogP contribution is 2.27. The molecule has 0 amide bonds. The van der Waals surface area contributed by atoms with Crippen LogP contribution in [0.1, 0.15) is 45.2 Å². The highest BCUT2D eigenvalue weighted by molar-refractivity contribution is 7.98. The minimum atomic E-state index is -0.0624. The Labute approximate surface area is 135 Å². The molecule has 0 aliphatic rings. The second-order valence-electron chi connectivity index (χ2n) is 5.36. The van der Waals surface area contributed by atoms with E-state index in [1.807, 2.05) is 0 Å². The van der Waals surface area contributed by atoms with Crippen LogP contribution in [0.25, 0.3) is 0 Å². The lowest BCUT2D eigenvalue weighted by Gasteiger charge is -2.10. The summed E-state index contributed by atoms with van der Waals surface area (Å²) in [6.45, 7) is 7.45. The van der Waals surface area contributed by atoms with Gasteiger partial charge in [0.25, 0.3) is 0 Å². The Morgan fingerprint density at radius 2 is 2.00 bits per heavy atom. The average molecular weight is 310 g/mol. The van der Waals surface area contributed by atoms with Crippen molar-refractivity contribution in [3.63, 3.8) is 0 Å². The maximum absolute atomic E-state index is 11.6. The number of thioether (sulfide) groups is 1. The van der Waals surface area contributed by atoms with Gasteiger partial charge in [0.15, 0.2) is 5.78 Å². The zero-order valence-corrected chi connectivity index (χ0v) is 14.0. The first-order chi connectivity index (χ1) is 10.4. The fourth-order valence-corrected chi connectivity index (χ4v) is 3.30. The standard InChI is InChI=1S/C18H18N2OS/c1-11-5-6-12(2)16(7-11)10-22-18-15(9-19)8-17(14(4)21)13(3)20-18/h5-8H,10H2,1-4H3. The van der Waals surface area contributed by atoms with E-state index in [1.54, 1.807) is 13.0 Å². The average Bonchev–Trinajstić information content (AvgIpc) is 2.47. The number of aryl methyl sites for hydroxylation is 3. The van der Waals surface area contributed by atoms with Crippen molar-refractivity contribution < 1.29 is 4.79 Å². The second kappa shape index (κ2) is 6.76. The number of hydrogen-bond acceptors (Lipinski definition) is 4. The number of pyridine rings is 1. The van der Waals surface area contributed by atoms with E-state index in [-0.39, 0.29) is 5.78 Å². The van der Waals surface area contributed by atoms with Crippen molar-refractivity contribution in [3.8, 4) is 6.07 Å². The number of carbonyl (C=O) groups excluding carboxylic acids is 1. The molecule has 22 heavy (non-hydrogen) atoms. The molecule has 0 spiro atoms. The maximum Gasteiger partial charge on any atom is 0.161 e. The molecular formula is C18H18N2OS. The van der Waals surface area contributed by atoms with Crippen LogP contribution < -0.4 is 0 Å². The monoisotopic (exact) mass is 310 g/mol. The molecule has 1 aromatic heterocycles. The SMILES string of the molecule is CC(=O)c1cc(C#N)c(SCc2cc(C)ccc2C)nc1C. The molecule has 2 aromatic rings. The van der Waals surface area contributed by atoms with Gasteiger partial charge in [-0.2, -0.15) is 5.26 Å². The van der Waals surface area contributed by atoms with Crippen molar-refractivity contribution in [1.82, 2.24) is 4.98 Å². The van der Waals surface area contributed by atoms with Gasteiger partial charge in [0.05, 0.1) is 5.56 Å². The molecule has 1 aromatic carbocycles. The largest absolute Gasteiger partial charge is 0.294 e. The molecule has 0 saturated heterocycles. The van der Waals surface area contributed by atoms with Crippen LogP contribution in [0.3, 0.4) is 0 Å². The van der Waals surface area contributed by atoms with Crippen LogP contribution in [0.2, 0.25) is 0 Å². The van der Waals surface area contributed by atoms with E-state index in [0.717, 1.165) is 5.75 Å². The van der Waals surface area contributed by atoms with Gasteiger partial charge in [-0.15, -0.1) is 11.8 Å². The van der Waals surface area contributed by atoms with Crippen LogP contribution >= 0.6 is 11.8 Å². The molecule has 0 saturated carbocycles. The summed E-state index contributed by atoms with van der Waals surface area (Å²) in [6.07, 6.45) is 0. The van der Waals surface area contributed by atoms with Crippen LogP contribution in [0.4, 0.5) is 0 Å². The van der Waals surface area contributed by atoms with E-state index < -0.39 is 0 Å². The van der Waals surface area contributed by atoms with Crippen molar-refractivity contribution in [2.45, 2.75) is 38.5 Å². The lowest BCUT2D eigenvalue weighted by molar-refractivity contribution is 0.101. The van der Waals surface area contributed by atoms with E-state index in [9.17, 15) is 10.1 Å². The summed E-state index contributed by atoms with van der Waals surface area (Å²) < 4.78 is 0. The Morgan fingerprint density at radius 1 is 1.27 bits per heavy atom. The first-order valence-corrected chi connectivity index (χ1v) is 8.02. The van der Waals surface area contributed by atoms with Gasteiger partial charge in [-0.1, -0.05) is 23.8 Å². The molecule has 0 aliphatic carbocycles. The lowest BCUT2D eigenvalue weighted by Crippen LogP contribution is -2.02. The minimum Gasteiger partial charge on any atom is -0.294 e. The molecular weight excluding hydrogens is 292 g/mol. The minimum absolute atomic E-state index is 0.0624. The fourth-order valence-electron chi connectivity index (χ4n) is 2.23. The summed E-state index contributed by atoms with van der Waals surface area (Å²) in [5.74, 6) is 0.696. The first kappa shape index (κ1) is 16.3. The number of aromatic nitrogens is 1.